The van der Waals surface area contributed by atoms with Crippen LogP contribution < -0.4 is 0 Å². The molecular weight excluding hydrogens is 495 g/mol. The Morgan fingerprint density at radius 2 is 0.923 bits per heavy atom. The van der Waals surface area contributed by atoms with Crippen molar-refractivity contribution in [3.05, 3.63) is 144 Å². The summed E-state index contributed by atoms with van der Waals surface area (Å²) in [5, 5.41) is 6.87. The molecule has 0 N–H and O–H groups in total. The highest BCUT2D eigenvalue weighted by Gasteiger charge is 2.17. The molecule has 0 atom stereocenters. The van der Waals surface area contributed by atoms with Crippen molar-refractivity contribution in [1.82, 2.24) is 0 Å². The van der Waals surface area contributed by atoms with Crippen molar-refractivity contribution >= 4 is 75.0 Å². The SMILES string of the molecule is C1=Cc2ccccc2C(=Cp2oc3ccc4ccccc4c3c3c(ccc4ccccc43)o2)c2ccccc21. The largest absolute Gasteiger partial charge is 0.416 e. The lowest BCUT2D eigenvalue weighted by Crippen LogP contribution is -1.90. The normalized spacial score (nSPS) is 12.5. The lowest BCUT2D eigenvalue weighted by Gasteiger charge is -2.11. The third-order valence-electron chi connectivity index (χ3n) is 7.59. The molecule has 0 saturated heterocycles. The van der Waals surface area contributed by atoms with Crippen LogP contribution in [0, 0.1) is 0 Å². The molecule has 0 amide bonds. The van der Waals surface area contributed by atoms with E-state index in [1.165, 1.54) is 33.0 Å². The first kappa shape index (κ1) is 22.2. The minimum Gasteiger partial charge on any atom is -0.416 e. The van der Waals surface area contributed by atoms with Crippen molar-refractivity contribution in [1.29, 1.82) is 0 Å². The maximum atomic E-state index is 6.82. The summed E-state index contributed by atoms with van der Waals surface area (Å²) in [6.45, 7) is 0. The molecule has 0 spiro atoms. The summed E-state index contributed by atoms with van der Waals surface area (Å²) in [4.78, 5) is 0. The standard InChI is InChI=1S/C36H23O2P/c1-5-13-28-24(9-1)17-18-25-10-2-6-14-29(25)32(28)23-39-37-33-21-19-26-11-3-7-15-30(26)35(33)36-31-16-8-4-12-27(31)20-22-34(36)38-39/h1-23H. The van der Waals surface area contributed by atoms with E-state index in [1.807, 2.05) is 0 Å². The van der Waals surface area contributed by atoms with Crippen molar-refractivity contribution in [2.45, 2.75) is 0 Å². The summed E-state index contributed by atoms with van der Waals surface area (Å²) < 4.78 is 13.6. The molecule has 6 aromatic carbocycles. The van der Waals surface area contributed by atoms with Crippen molar-refractivity contribution in [2.24, 2.45) is 0 Å². The Hall–Kier alpha value is -4.78. The van der Waals surface area contributed by atoms with Crippen LogP contribution in [0.25, 0.3) is 67.0 Å². The monoisotopic (exact) mass is 518 g/mol. The zero-order valence-corrected chi connectivity index (χ0v) is 21.9. The number of rotatable bonds is 1. The molecule has 0 radical (unpaired) electrons. The number of hydrogen-bond acceptors (Lipinski definition) is 2. The predicted molar refractivity (Wildman–Crippen MR) is 166 cm³/mol. The van der Waals surface area contributed by atoms with E-state index >= 15 is 0 Å². The van der Waals surface area contributed by atoms with E-state index in [-0.39, 0.29) is 0 Å². The van der Waals surface area contributed by atoms with Crippen molar-refractivity contribution < 1.29 is 8.39 Å². The molecule has 2 nitrogen and oxygen atoms in total. The van der Waals surface area contributed by atoms with Gasteiger partial charge in [0, 0.05) is 22.2 Å². The molecule has 0 fully saturated rings. The predicted octanol–water partition coefficient (Wildman–Crippen LogP) is 11.1. The second kappa shape index (κ2) is 8.91. The topological polar surface area (TPSA) is 26.3 Å². The molecule has 8 rings (SSSR count). The fraction of sp³-hybridized carbons (Fsp3) is 0. The van der Waals surface area contributed by atoms with Gasteiger partial charge in [0.25, 0.3) is 0 Å². The highest BCUT2D eigenvalue weighted by Crippen LogP contribution is 2.45. The summed E-state index contributed by atoms with van der Waals surface area (Å²) in [6.07, 6.45) is 4.39. The first-order valence-corrected chi connectivity index (χ1v) is 14.4. The van der Waals surface area contributed by atoms with Crippen molar-refractivity contribution in [3.63, 3.8) is 0 Å². The highest BCUT2D eigenvalue weighted by atomic mass is 31.1. The molecule has 3 heteroatoms. The molecule has 39 heavy (non-hydrogen) atoms. The Morgan fingerprint density at radius 3 is 1.46 bits per heavy atom. The Balaban J connectivity index is 1.53. The van der Waals surface area contributed by atoms with Crippen LogP contribution in [0.5, 0.6) is 0 Å². The molecule has 0 saturated carbocycles. The zero-order chi connectivity index (χ0) is 25.8. The second-order valence-electron chi connectivity index (χ2n) is 9.84. The summed E-state index contributed by atoms with van der Waals surface area (Å²) in [5.74, 6) is 2.20. The van der Waals surface area contributed by atoms with Crippen molar-refractivity contribution in [2.75, 3.05) is 0 Å². The van der Waals surface area contributed by atoms with Gasteiger partial charge in [0.1, 0.15) is 11.2 Å². The van der Waals surface area contributed by atoms with Gasteiger partial charge >= 0.3 is 0 Å². The number of hydrogen-bond donors (Lipinski definition) is 0. The van der Waals surface area contributed by atoms with E-state index in [0.29, 0.717) is 0 Å². The van der Waals surface area contributed by atoms with Crippen LogP contribution in [0.2, 0.25) is 0 Å². The second-order valence-corrected chi connectivity index (χ2v) is 11.0. The van der Waals surface area contributed by atoms with E-state index in [4.69, 9.17) is 8.39 Å². The minimum absolute atomic E-state index is 0.847. The van der Waals surface area contributed by atoms with Gasteiger partial charge in [-0.05, 0) is 55.9 Å². The Bertz CT molecular complexity index is 2030. The summed E-state index contributed by atoms with van der Waals surface area (Å²) in [6, 6.07) is 42.6. The molecule has 0 unspecified atom stereocenters. The van der Waals surface area contributed by atoms with E-state index in [1.54, 1.807) is 0 Å². The van der Waals surface area contributed by atoms with Crippen LogP contribution in [0.1, 0.15) is 22.3 Å². The first-order valence-electron chi connectivity index (χ1n) is 13.1. The highest BCUT2D eigenvalue weighted by molar-refractivity contribution is 7.47. The average molecular weight is 519 g/mol. The fourth-order valence-electron chi connectivity index (χ4n) is 5.78. The molecule has 7 aromatic rings. The van der Waals surface area contributed by atoms with Crippen LogP contribution in [0.3, 0.4) is 0 Å². The fourth-order valence-corrected chi connectivity index (χ4v) is 7.10. The van der Waals surface area contributed by atoms with Gasteiger partial charge < -0.3 is 8.39 Å². The van der Waals surface area contributed by atoms with Gasteiger partial charge in [-0.15, -0.1) is 0 Å². The summed E-state index contributed by atoms with van der Waals surface area (Å²) in [7, 11) is -1.46. The van der Waals surface area contributed by atoms with E-state index in [2.05, 4.69) is 139 Å². The van der Waals surface area contributed by atoms with Gasteiger partial charge in [-0.3, -0.25) is 0 Å². The van der Waals surface area contributed by atoms with Gasteiger partial charge in [0.05, 0.1) is 0 Å². The molecule has 1 heterocycles. The zero-order valence-electron chi connectivity index (χ0n) is 21.0. The van der Waals surface area contributed by atoms with Crippen molar-refractivity contribution in [3.8, 4) is 0 Å². The minimum atomic E-state index is -1.46. The number of fused-ring (bicyclic) bond motifs is 9. The van der Waals surface area contributed by atoms with Gasteiger partial charge in [0.15, 0.2) is 0 Å². The molecule has 1 aliphatic rings. The molecule has 184 valence electrons. The van der Waals surface area contributed by atoms with Crippen LogP contribution in [0.4, 0.5) is 0 Å². The average Bonchev–Trinajstić information content (AvgIpc) is 3.25. The maximum Gasteiger partial charge on any atom is 0.245 e. The van der Waals surface area contributed by atoms with Gasteiger partial charge in [0.2, 0.25) is 8.01 Å². The third-order valence-corrected chi connectivity index (χ3v) is 8.81. The summed E-state index contributed by atoms with van der Waals surface area (Å²) >= 11 is 0. The van der Waals surface area contributed by atoms with Crippen LogP contribution in [-0.4, -0.2) is 0 Å². The Kier molecular flexibility index (Phi) is 5.08. The molecule has 1 aromatic heterocycles. The maximum absolute atomic E-state index is 6.82. The Morgan fingerprint density at radius 1 is 0.462 bits per heavy atom. The first-order chi connectivity index (χ1) is 19.3. The third kappa shape index (κ3) is 3.65. The van der Waals surface area contributed by atoms with Crippen LogP contribution >= 0.6 is 8.01 Å². The number of benzene rings is 6. The lowest BCUT2D eigenvalue weighted by molar-refractivity contribution is 0.654. The molecular formula is C36H23O2P. The molecule has 0 bridgehead atoms. The van der Waals surface area contributed by atoms with Gasteiger partial charge in [-0.1, -0.05) is 121 Å². The van der Waals surface area contributed by atoms with Gasteiger partial charge in [-0.25, -0.2) is 0 Å². The van der Waals surface area contributed by atoms with Crippen LogP contribution in [0.15, 0.2) is 130 Å². The molecule has 0 aliphatic heterocycles. The van der Waals surface area contributed by atoms with Gasteiger partial charge in [-0.2, -0.15) is 0 Å². The Labute approximate surface area is 226 Å². The van der Waals surface area contributed by atoms with E-state index in [0.717, 1.165) is 38.3 Å². The van der Waals surface area contributed by atoms with E-state index in [9.17, 15) is 0 Å². The summed E-state index contributed by atoms with van der Waals surface area (Å²) in [5.41, 5.74) is 7.54. The van der Waals surface area contributed by atoms with Crippen LogP contribution in [-0.2, 0) is 0 Å². The van der Waals surface area contributed by atoms with E-state index < -0.39 is 8.01 Å². The lowest BCUT2D eigenvalue weighted by atomic mass is 9.95. The quantitative estimate of drug-likeness (QED) is 0.216. The molecule has 1 aliphatic carbocycles. The smallest absolute Gasteiger partial charge is 0.245 e.